The van der Waals surface area contributed by atoms with Crippen molar-refractivity contribution >= 4 is 17.3 Å². The fourth-order valence-corrected chi connectivity index (χ4v) is 2.70. The summed E-state index contributed by atoms with van der Waals surface area (Å²) in [5.41, 5.74) is 8.29. The predicted octanol–water partition coefficient (Wildman–Crippen LogP) is 2.96. The number of nitrogens with one attached hydrogen (secondary N) is 1. The Labute approximate surface area is 121 Å². The van der Waals surface area contributed by atoms with Crippen LogP contribution in [0.25, 0.3) is 0 Å². The van der Waals surface area contributed by atoms with E-state index in [-0.39, 0.29) is 5.91 Å². The molecule has 0 bridgehead atoms. The van der Waals surface area contributed by atoms with Crippen LogP contribution in [0.2, 0.25) is 0 Å². The summed E-state index contributed by atoms with van der Waals surface area (Å²) in [6.07, 6.45) is 4.86. The fourth-order valence-electron chi connectivity index (χ4n) is 2.70. The third-order valence-electron chi connectivity index (χ3n) is 4.08. The normalized spacial score (nSPS) is 22.4. The first-order chi connectivity index (χ1) is 9.47. The lowest BCUT2D eigenvalue weighted by molar-refractivity contribution is 0.0827. The van der Waals surface area contributed by atoms with Gasteiger partial charge in [0.2, 0.25) is 0 Å². The average molecular weight is 275 g/mol. The maximum atomic E-state index is 12.0. The first-order valence-electron chi connectivity index (χ1n) is 7.35. The Morgan fingerprint density at radius 2 is 1.90 bits per heavy atom. The van der Waals surface area contributed by atoms with Crippen molar-refractivity contribution in [2.45, 2.75) is 38.6 Å². The number of nitrogens with zero attached hydrogens (tertiary/aromatic N) is 1. The maximum absolute atomic E-state index is 12.0. The molecule has 1 amide bonds. The van der Waals surface area contributed by atoms with Gasteiger partial charge in [0.1, 0.15) is 0 Å². The minimum absolute atomic E-state index is 0.00492. The molecule has 0 unspecified atom stereocenters. The van der Waals surface area contributed by atoms with Crippen LogP contribution < -0.4 is 11.1 Å². The summed E-state index contributed by atoms with van der Waals surface area (Å²) in [6.45, 7) is 2.31. The highest BCUT2D eigenvalue weighted by Gasteiger charge is 2.19. The van der Waals surface area contributed by atoms with E-state index in [1.807, 2.05) is 12.1 Å². The second-order valence-electron chi connectivity index (χ2n) is 6.10. The van der Waals surface area contributed by atoms with Gasteiger partial charge in [0.25, 0.3) is 5.91 Å². The molecule has 4 heteroatoms. The number of nitrogens with two attached hydrogens (primary N) is 1. The predicted molar refractivity (Wildman–Crippen MR) is 83.9 cm³/mol. The zero-order valence-electron chi connectivity index (χ0n) is 12.6. The zero-order valence-corrected chi connectivity index (χ0v) is 12.6. The molecule has 1 aromatic carbocycles. The second kappa shape index (κ2) is 6.16. The molecule has 0 spiro atoms. The standard InChI is InChI=1S/C16H25N3O/c1-11-4-7-13(8-5-11)18-15-10-12(6-9-14(15)17)16(20)19(2)3/h6,9-11,13,18H,4-5,7-8,17H2,1-3H3. The van der Waals surface area contributed by atoms with Crippen LogP contribution in [0.4, 0.5) is 11.4 Å². The Morgan fingerprint density at radius 1 is 1.25 bits per heavy atom. The Kier molecular flexibility index (Phi) is 4.53. The van der Waals surface area contributed by atoms with Crippen LogP contribution in [-0.2, 0) is 0 Å². The minimum atomic E-state index is 0.00492. The van der Waals surface area contributed by atoms with Crippen molar-refractivity contribution in [3.8, 4) is 0 Å². The van der Waals surface area contributed by atoms with E-state index < -0.39 is 0 Å². The third-order valence-corrected chi connectivity index (χ3v) is 4.08. The van der Waals surface area contributed by atoms with E-state index in [0.717, 1.165) is 11.6 Å². The highest BCUT2D eigenvalue weighted by atomic mass is 16.2. The smallest absolute Gasteiger partial charge is 0.253 e. The lowest BCUT2D eigenvalue weighted by atomic mass is 9.87. The van der Waals surface area contributed by atoms with Gasteiger partial charge >= 0.3 is 0 Å². The summed E-state index contributed by atoms with van der Waals surface area (Å²) < 4.78 is 0. The Balaban J connectivity index is 2.11. The van der Waals surface area contributed by atoms with Crippen LogP contribution in [0, 0.1) is 5.92 Å². The van der Waals surface area contributed by atoms with Gasteiger partial charge in [-0.05, 0) is 49.8 Å². The molecule has 0 aliphatic heterocycles. The van der Waals surface area contributed by atoms with Crippen LogP contribution in [0.3, 0.4) is 0 Å². The molecule has 1 aliphatic carbocycles. The minimum Gasteiger partial charge on any atom is -0.397 e. The largest absolute Gasteiger partial charge is 0.397 e. The van der Waals surface area contributed by atoms with Gasteiger partial charge in [0.15, 0.2) is 0 Å². The van der Waals surface area contributed by atoms with Crippen molar-refractivity contribution in [3.63, 3.8) is 0 Å². The number of benzene rings is 1. The Hall–Kier alpha value is -1.71. The van der Waals surface area contributed by atoms with Crippen molar-refractivity contribution in [2.24, 2.45) is 5.92 Å². The molecule has 2 rings (SSSR count). The number of nitrogen functional groups attached to an aromatic ring is 1. The summed E-state index contributed by atoms with van der Waals surface area (Å²) in [5.74, 6) is 0.831. The molecule has 110 valence electrons. The van der Waals surface area contributed by atoms with Gasteiger partial charge in [0, 0.05) is 25.7 Å². The van der Waals surface area contributed by atoms with Gasteiger partial charge in [0.05, 0.1) is 11.4 Å². The van der Waals surface area contributed by atoms with Gasteiger partial charge in [-0.2, -0.15) is 0 Å². The van der Waals surface area contributed by atoms with E-state index in [1.54, 1.807) is 25.1 Å². The van der Waals surface area contributed by atoms with E-state index >= 15 is 0 Å². The molecule has 0 atom stereocenters. The topological polar surface area (TPSA) is 58.4 Å². The highest BCUT2D eigenvalue weighted by molar-refractivity contribution is 5.95. The molecular formula is C16H25N3O. The van der Waals surface area contributed by atoms with Crippen molar-refractivity contribution in [1.29, 1.82) is 0 Å². The quantitative estimate of drug-likeness (QED) is 0.834. The van der Waals surface area contributed by atoms with Gasteiger partial charge in [-0.1, -0.05) is 6.92 Å². The number of hydrogen-bond acceptors (Lipinski definition) is 3. The van der Waals surface area contributed by atoms with Gasteiger partial charge < -0.3 is 16.0 Å². The number of rotatable bonds is 3. The summed E-state index contributed by atoms with van der Waals surface area (Å²) in [5, 5.41) is 3.51. The summed E-state index contributed by atoms with van der Waals surface area (Å²) in [6, 6.07) is 5.93. The van der Waals surface area contributed by atoms with E-state index in [2.05, 4.69) is 12.2 Å². The molecule has 20 heavy (non-hydrogen) atoms. The summed E-state index contributed by atoms with van der Waals surface area (Å²) in [7, 11) is 3.52. The van der Waals surface area contributed by atoms with Crippen molar-refractivity contribution in [3.05, 3.63) is 23.8 Å². The molecule has 1 aromatic rings. The lowest BCUT2D eigenvalue weighted by Crippen LogP contribution is -2.26. The molecule has 0 aromatic heterocycles. The van der Waals surface area contributed by atoms with Gasteiger partial charge in [-0.15, -0.1) is 0 Å². The Bertz CT molecular complexity index is 477. The van der Waals surface area contributed by atoms with Crippen molar-refractivity contribution in [1.82, 2.24) is 4.90 Å². The fraction of sp³-hybridized carbons (Fsp3) is 0.562. The number of amides is 1. The van der Waals surface area contributed by atoms with Crippen molar-refractivity contribution in [2.75, 3.05) is 25.1 Å². The lowest BCUT2D eigenvalue weighted by Gasteiger charge is -2.28. The number of carbonyl (C=O) groups is 1. The molecule has 0 radical (unpaired) electrons. The molecule has 4 nitrogen and oxygen atoms in total. The maximum Gasteiger partial charge on any atom is 0.253 e. The molecule has 1 aliphatic rings. The molecule has 0 heterocycles. The monoisotopic (exact) mass is 275 g/mol. The van der Waals surface area contributed by atoms with E-state index in [0.29, 0.717) is 17.3 Å². The van der Waals surface area contributed by atoms with Crippen molar-refractivity contribution < 1.29 is 4.79 Å². The number of hydrogen-bond donors (Lipinski definition) is 2. The summed E-state index contributed by atoms with van der Waals surface area (Å²) >= 11 is 0. The first kappa shape index (κ1) is 14.7. The molecular weight excluding hydrogens is 250 g/mol. The van der Waals surface area contributed by atoms with Gasteiger partial charge in [-0.3, -0.25) is 4.79 Å². The first-order valence-corrected chi connectivity index (χ1v) is 7.35. The molecule has 1 saturated carbocycles. The van der Waals surface area contributed by atoms with E-state index in [1.165, 1.54) is 25.7 Å². The SMILES string of the molecule is CC1CCC(Nc2cc(C(=O)N(C)C)ccc2N)CC1. The average Bonchev–Trinajstić information content (AvgIpc) is 2.43. The Morgan fingerprint density at radius 3 is 2.50 bits per heavy atom. The third kappa shape index (κ3) is 3.44. The molecule has 0 saturated heterocycles. The number of carbonyl (C=O) groups excluding carboxylic acids is 1. The number of anilines is 2. The van der Waals surface area contributed by atoms with Crippen LogP contribution >= 0.6 is 0 Å². The van der Waals surface area contributed by atoms with Crippen LogP contribution in [0.15, 0.2) is 18.2 Å². The van der Waals surface area contributed by atoms with Crippen LogP contribution in [0.5, 0.6) is 0 Å². The van der Waals surface area contributed by atoms with E-state index in [4.69, 9.17) is 5.73 Å². The van der Waals surface area contributed by atoms with Gasteiger partial charge in [-0.25, -0.2) is 0 Å². The van der Waals surface area contributed by atoms with Crippen LogP contribution in [-0.4, -0.2) is 30.9 Å². The second-order valence-corrected chi connectivity index (χ2v) is 6.10. The molecule has 3 N–H and O–H groups in total. The van der Waals surface area contributed by atoms with E-state index in [9.17, 15) is 4.79 Å². The van der Waals surface area contributed by atoms with Crippen LogP contribution in [0.1, 0.15) is 43.0 Å². The molecule has 1 fully saturated rings. The zero-order chi connectivity index (χ0) is 14.7. The highest BCUT2D eigenvalue weighted by Crippen LogP contribution is 2.28. The summed E-state index contributed by atoms with van der Waals surface area (Å²) in [4.78, 5) is 13.6.